The van der Waals surface area contributed by atoms with Crippen molar-refractivity contribution in [2.75, 3.05) is 18.5 Å². The molecule has 0 radical (unpaired) electrons. The van der Waals surface area contributed by atoms with Gasteiger partial charge in [0.05, 0.1) is 18.2 Å². The van der Waals surface area contributed by atoms with Crippen molar-refractivity contribution in [1.82, 2.24) is 0 Å². The van der Waals surface area contributed by atoms with Crippen molar-refractivity contribution in [1.29, 1.82) is 0 Å². The fourth-order valence-corrected chi connectivity index (χ4v) is 1.89. The first-order valence-electron chi connectivity index (χ1n) is 5.35. The van der Waals surface area contributed by atoms with Crippen LogP contribution >= 0.6 is 0 Å². The summed E-state index contributed by atoms with van der Waals surface area (Å²) >= 11 is 0. The van der Waals surface area contributed by atoms with Crippen LogP contribution in [0, 0.1) is 6.92 Å². The minimum absolute atomic E-state index is 0.294. The topological polar surface area (TPSA) is 58.6 Å². The van der Waals surface area contributed by atoms with Gasteiger partial charge in [-0.1, -0.05) is 6.07 Å². The van der Waals surface area contributed by atoms with Crippen LogP contribution in [0.2, 0.25) is 0 Å². The minimum atomic E-state index is -0.885. The van der Waals surface area contributed by atoms with Gasteiger partial charge < -0.3 is 15.2 Å². The number of aromatic carboxylic acids is 1. The number of ether oxygens (including phenoxy) is 1. The monoisotopic (exact) mass is 221 g/mol. The number of rotatable bonds is 3. The van der Waals surface area contributed by atoms with E-state index in [1.54, 1.807) is 12.1 Å². The van der Waals surface area contributed by atoms with Crippen LogP contribution in [0.4, 0.5) is 5.69 Å². The molecule has 0 spiro atoms. The Bertz CT molecular complexity index is 397. The first-order chi connectivity index (χ1) is 7.68. The van der Waals surface area contributed by atoms with Crippen molar-refractivity contribution in [3.8, 4) is 0 Å². The lowest BCUT2D eigenvalue weighted by Crippen LogP contribution is -2.20. The van der Waals surface area contributed by atoms with Gasteiger partial charge in [0, 0.05) is 12.3 Å². The lowest BCUT2D eigenvalue weighted by molar-refractivity contribution is 0.0696. The van der Waals surface area contributed by atoms with E-state index in [1.807, 2.05) is 13.0 Å². The molecule has 1 aromatic rings. The van der Waals surface area contributed by atoms with E-state index in [2.05, 4.69) is 5.32 Å². The van der Waals surface area contributed by atoms with Gasteiger partial charge in [0.1, 0.15) is 0 Å². The number of carboxylic acid groups (broad SMARTS) is 1. The normalized spacial score (nSPS) is 19.7. The quantitative estimate of drug-likeness (QED) is 0.818. The highest BCUT2D eigenvalue weighted by Crippen LogP contribution is 2.21. The summed E-state index contributed by atoms with van der Waals surface area (Å²) < 4.78 is 5.27. The van der Waals surface area contributed by atoms with Crippen LogP contribution in [0.25, 0.3) is 0 Å². The van der Waals surface area contributed by atoms with Gasteiger partial charge in [0.2, 0.25) is 0 Å². The molecule has 4 nitrogen and oxygen atoms in total. The van der Waals surface area contributed by atoms with Gasteiger partial charge >= 0.3 is 5.97 Å². The molecule has 1 aliphatic rings. The lowest BCUT2D eigenvalue weighted by Gasteiger charge is -2.15. The second-order valence-corrected chi connectivity index (χ2v) is 3.99. The molecule has 2 N–H and O–H groups in total. The first-order valence-corrected chi connectivity index (χ1v) is 5.35. The van der Waals surface area contributed by atoms with Gasteiger partial charge in [-0.25, -0.2) is 4.79 Å². The van der Waals surface area contributed by atoms with E-state index in [4.69, 9.17) is 9.84 Å². The van der Waals surface area contributed by atoms with Crippen LogP contribution in [0.1, 0.15) is 22.3 Å². The number of hydrogen-bond donors (Lipinski definition) is 2. The molecule has 1 atom stereocenters. The van der Waals surface area contributed by atoms with E-state index in [-0.39, 0.29) is 0 Å². The minimum Gasteiger partial charge on any atom is -0.478 e. The summed E-state index contributed by atoms with van der Waals surface area (Å²) in [4.78, 5) is 11.0. The predicted octanol–water partition coefficient (Wildman–Crippen LogP) is 1.89. The molecular formula is C12H15NO3. The molecule has 2 rings (SSSR count). The van der Waals surface area contributed by atoms with Crippen LogP contribution in [0.3, 0.4) is 0 Å². The molecule has 1 unspecified atom stereocenters. The van der Waals surface area contributed by atoms with Gasteiger partial charge in [0.15, 0.2) is 0 Å². The second kappa shape index (κ2) is 4.53. The number of benzene rings is 1. The molecule has 1 heterocycles. The Morgan fingerprint density at radius 2 is 2.38 bits per heavy atom. The molecule has 86 valence electrons. The summed E-state index contributed by atoms with van der Waals surface area (Å²) in [6.45, 7) is 3.29. The SMILES string of the molecule is Cc1c(NC2CCOC2)cccc1C(=O)O. The van der Waals surface area contributed by atoms with Crippen LogP contribution < -0.4 is 5.32 Å². The zero-order valence-electron chi connectivity index (χ0n) is 9.19. The summed E-state index contributed by atoms with van der Waals surface area (Å²) in [6.07, 6.45) is 0.969. The maximum atomic E-state index is 11.0. The molecule has 1 aromatic carbocycles. The van der Waals surface area contributed by atoms with Crippen LogP contribution in [-0.2, 0) is 4.74 Å². The molecule has 0 saturated carbocycles. The van der Waals surface area contributed by atoms with Crippen LogP contribution in [0.5, 0.6) is 0 Å². The summed E-state index contributed by atoms with van der Waals surface area (Å²) in [5.74, 6) is -0.885. The van der Waals surface area contributed by atoms with E-state index < -0.39 is 5.97 Å². The van der Waals surface area contributed by atoms with E-state index in [0.717, 1.165) is 24.3 Å². The molecule has 16 heavy (non-hydrogen) atoms. The molecule has 4 heteroatoms. The van der Waals surface area contributed by atoms with Crippen molar-refractivity contribution >= 4 is 11.7 Å². The number of nitrogens with one attached hydrogen (secondary N) is 1. The molecule has 0 amide bonds. The van der Waals surface area contributed by atoms with Crippen molar-refractivity contribution in [3.05, 3.63) is 29.3 Å². The third-order valence-electron chi connectivity index (χ3n) is 2.85. The Morgan fingerprint density at radius 1 is 1.56 bits per heavy atom. The second-order valence-electron chi connectivity index (χ2n) is 3.99. The zero-order chi connectivity index (χ0) is 11.5. The fraction of sp³-hybridized carbons (Fsp3) is 0.417. The van der Waals surface area contributed by atoms with Gasteiger partial charge in [-0.2, -0.15) is 0 Å². The van der Waals surface area contributed by atoms with Crippen molar-refractivity contribution in [2.45, 2.75) is 19.4 Å². The number of carbonyl (C=O) groups is 1. The standard InChI is InChI=1S/C12H15NO3/c1-8-10(12(14)15)3-2-4-11(8)13-9-5-6-16-7-9/h2-4,9,13H,5-7H2,1H3,(H,14,15). The highest BCUT2D eigenvalue weighted by molar-refractivity contribution is 5.91. The highest BCUT2D eigenvalue weighted by Gasteiger charge is 2.17. The highest BCUT2D eigenvalue weighted by atomic mass is 16.5. The predicted molar refractivity (Wildman–Crippen MR) is 61.0 cm³/mol. The zero-order valence-corrected chi connectivity index (χ0v) is 9.19. The van der Waals surface area contributed by atoms with Crippen molar-refractivity contribution in [3.63, 3.8) is 0 Å². The number of anilines is 1. The summed E-state index contributed by atoms with van der Waals surface area (Å²) in [7, 11) is 0. The molecular weight excluding hydrogens is 206 g/mol. The first kappa shape index (κ1) is 11.0. The van der Waals surface area contributed by atoms with Crippen molar-refractivity contribution < 1.29 is 14.6 Å². The molecule has 1 saturated heterocycles. The van der Waals surface area contributed by atoms with Crippen LogP contribution in [-0.4, -0.2) is 30.3 Å². The summed E-state index contributed by atoms with van der Waals surface area (Å²) in [6, 6.07) is 5.57. The number of hydrogen-bond acceptors (Lipinski definition) is 3. The van der Waals surface area contributed by atoms with E-state index >= 15 is 0 Å². The van der Waals surface area contributed by atoms with Gasteiger partial charge in [0.25, 0.3) is 0 Å². The van der Waals surface area contributed by atoms with Gasteiger partial charge in [-0.05, 0) is 31.0 Å². The average molecular weight is 221 g/mol. The Labute approximate surface area is 94.2 Å². The molecule has 1 fully saturated rings. The average Bonchev–Trinajstić information content (AvgIpc) is 2.73. The third-order valence-corrected chi connectivity index (χ3v) is 2.85. The molecule has 1 aliphatic heterocycles. The third kappa shape index (κ3) is 2.17. The smallest absolute Gasteiger partial charge is 0.336 e. The largest absolute Gasteiger partial charge is 0.478 e. The number of carboxylic acids is 1. The van der Waals surface area contributed by atoms with Gasteiger partial charge in [-0.3, -0.25) is 0 Å². The maximum Gasteiger partial charge on any atom is 0.336 e. The Morgan fingerprint density at radius 3 is 3.00 bits per heavy atom. The maximum absolute atomic E-state index is 11.0. The molecule has 0 aliphatic carbocycles. The van der Waals surface area contributed by atoms with Crippen LogP contribution in [0.15, 0.2) is 18.2 Å². The Kier molecular flexibility index (Phi) is 3.10. The Balaban J connectivity index is 2.20. The van der Waals surface area contributed by atoms with Gasteiger partial charge in [-0.15, -0.1) is 0 Å². The molecule has 0 bridgehead atoms. The lowest BCUT2D eigenvalue weighted by atomic mass is 10.1. The van der Waals surface area contributed by atoms with Crippen molar-refractivity contribution in [2.24, 2.45) is 0 Å². The van der Waals surface area contributed by atoms with E-state index in [1.165, 1.54) is 0 Å². The van der Waals surface area contributed by atoms with E-state index in [9.17, 15) is 4.79 Å². The molecule has 0 aromatic heterocycles. The summed E-state index contributed by atoms with van der Waals surface area (Å²) in [5.41, 5.74) is 2.02. The Hall–Kier alpha value is -1.55. The van der Waals surface area contributed by atoms with E-state index in [0.29, 0.717) is 18.2 Å². The fourth-order valence-electron chi connectivity index (χ4n) is 1.89. The summed E-state index contributed by atoms with van der Waals surface area (Å²) in [5, 5.41) is 12.3.